The summed E-state index contributed by atoms with van der Waals surface area (Å²) in [5.74, 6) is 2.04. The van der Waals surface area contributed by atoms with Gasteiger partial charge in [-0.2, -0.15) is 0 Å². The number of ether oxygens (including phenoxy) is 1. The van der Waals surface area contributed by atoms with Crippen LogP contribution in [0.2, 0.25) is 0 Å². The Bertz CT molecular complexity index is 1540. The number of rotatable bonds is 10. The number of amides is 1. The minimum Gasteiger partial charge on any atom is -0.496 e. The third kappa shape index (κ3) is 6.00. The Balaban J connectivity index is 1.13. The van der Waals surface area contributed by atoms with E-state index in [1.807, 2.05) is 24.3 Å². The molecule has 2 bridgehead atoms. The molecule has 45 heavy (non-hydrogen) atoms. The van der Waals surface area contributed by atoms with Gasteiger partial charge in [0.15, 0.2) is 0 Å². The first kappa shape index (κ1) is 30.0. The number of nitrogens with zero attached hydrogens (tertiary/aromatic N) is 3. The second kappa shape index (κ2) is 11.9. The van der Waals surface area contributed by atoms with Crippen LogP contribution in [-0.4, -0.2) is 40.8 Å². The Morgan fingerprint density at radius 3 is 2.33 bits per heavy atom. The van der Waals surface area contributed by atoms with E-state index in [1.165, 1.54) is 11.1 Å². The van der Waals surface area contributed by atoms with Crippen LogP contribution in [0.4, 0.5) is 5.69 Å². The molecule has 8 rings (SSSR count). The molecule has 5 aliphatic carbocycles. The molecule has 5 fully saturated rings. The lowest BCUT2D eigenvalue weighted by Gasteiger charge is -2.55. The standard InChI is InChI=1S/C37H45N3O5/c1-24-20-29(12-13-31(24)44-2)37-17-14-36(15-18-37,16-19-37)23-40(35(43)27-8-6-25(7-9-27)21-32(41)42)30-5-3-4-28(22-30)34-39-38-33(45-34)26-10-11-26/h3-5,12-13,20,22,25-27H,6-11,14-19,21,23H2,1-2H3,(H,41,42). The second-order valence-electron chi connectivity index (χ2n) is 14.5. The number of aromatic nitrogens is 2. The molecule has 1 amide bonds. The monoisotopic (exact) mass is 611 g/mol. The highest BCUT2D eigenvalue weighted by Gasteiger charge is 2.50. The van der Waals surface area contributed by atoms with Gasteiger partial charge in [-0.25, -0.2) is 0 Å². The average Bonchev–Trinajstić information content (AvgIpc) is 3.80. The van der Waals surface area contributed by atoms with Gasteiger partial charge < -0.3 is 19.2 Å². The van der Waals surface area contributed by atoms with E-state index >= 15 is 0 Å². The summed E-state index contributed by atoms with van der Waals surface area (Å²) in [6.45, 7) is 2.84. The van der Waals surface area contributed by atoms with Crippen molar-refractivity contribution in [2.24, 2.45) is 17.3 Å². The zero-order chi connectivity index (χ0) is 31.2. The molecule has 0 unspecified atom stereocenters. The van der Waals surface area contributed by atoms with E-state index in [2.05, 4.69) is 40.2 Å². The number of benzene rings is 2. The first-order valence-corrected chi connectivity index (χ1v) is 16.9. The van der Waals surface area contributed by atoms with Gasteiger partial charge in [0, 0.05) is 36.1 Å². The molecule has 5 aliphatic rings. The molecule has 1 N–H and O–H groups in total. The number of hydrogen-bond acceptors (Lipinski definition) is 6. The molecule has 1 aromatic heterocycles. The summed E-state index contributed by atoms with van der Waals surface area (Å²) in [5.41, 5.74) is 4.63. The van der Waals surface area contributed by atoms with Crippen LogP contribution in [0.5, 0.6) is 5.75 Å². The quantitative estimate of drug-likeness (QED) is 0.249. The van der Waals surface area contributed by atoms with Crippen molar-refractivity contribution in [2.45, 2.75) is 102 Å². The van der Waals surface area contributed by atoms with E-state index in [9.17, 15) is 14.7 Å². The van der Waals surface area contributed by atoms with Crippen LogP contribution in [0.25, 0.3) is 11.5 Å². The molecule has 0 spiro atoms. The number of carboxylic acid groups (broad SMARTS) is 1. The normalized spacial score (nSPS) is 27.7. The van der Waals surface area contributed by atoms with Gasteiger partial charge in [0.25, 0.3) is 0 Å². The highest BCUT2D eigenvalue weighted by atomic mass is 16.5. The van der Waals surface area contributed by atoms with Crippen molar-refractivity contribution in [3.63, 3.8) is 0 Å². The molecule has 0 aliphatic heterocycles. The van der Waals surface area contributed by atoms with Crippen LogP contribution < -0.4 is 9.64 Å². The largest absolute Gasteiger partial charge is 0.496 e. The van der Waals surface area contributed by atoms with E-state index in [1.54, 1.807) is 7.11 Å². The number of carbonyl (C=O) groups is 2. The molecule has 1 heterocycles. The Morgan fingerprint density at radius 1 is 0.956 bits per heavy atom. The number of fused-ring (bicyclic) bond motifs is 3. The van der Waals surface area contributed by atoms with Gasteiger partial charge in [0.1, 0.15) is 5.75 Å². The van der Waals surface area contributed by atoms with E-state index in [4.69, 9.17) is 9.15 Å². The summed E-state index contributed by atoms with van der Waals surface area (Å²) >= 11 is 0. The van der Waals surface area contributed by atoms with Crippen molar-refractivity contribution < 1.29 is 23.8 Å². The third-order valence-electron chi connectivity index (χ3n) is 11.6. The van der Waals surface area contributed by atoms with Crippen LogP contribution >= 0.6 is 0 Å². The third-order valence-corrected chi connectivity index (χ3v) is 11.6. The average molecular weight is 612 g/mol. The highest BCUT2D eigenvalue weighted by Crippen LogP contribution is 2.58. The van der Waals surface area contributed by atoms with E-state index in [-0.39, 0.29) is 35.0 Å². The summed E-state index contributed by atoms with van der Waals surface area (Å²) in [6, 6.07) is 14.8. The summed E-state index contributed by atoms with van der Waals surface area (Å²) in [6.07, 6.45) is 12.1. The Kier molecular flexibility index (Phi) is 7.95. The van der Waals surface area contributed by atoms with Crippen LogP contribution in [0, 0.1) is 24.2 Å². The van der Waals surface area contributed by atoms with Crippen LogP contribution in [0.15, 0.2) is 46.9 Å². The maximum atomic E-state index is 14.5. The number of hydrogen-bond donors (Lipinski definition) is 1. The summed E-state index contributed by atoms with van der Waals surface area (Å²) in [4.78, 5) is 27.8. The lowest BCUT2D eigenvalue weighted by atomic mass is 9.51. The van der Waals surface area contributed by atoms with Gasteiger partial charge in [-0.15, -0.1) is 10.2 Å². The van der Waals surface area contributed by atoms with Gasteiger partial charge in [-0.05, 0) is 136 Å². The number of carboxylic acids is 1. The first-order chi connectivity index (χ1) is 21.8. The van der Waals surface area contributed by atoms with E-state index < -0.39 is 5.97 Å². The maximum Gasteiger partial charge on any atom is 0.303 e. The zero-order valence-corrected chi connectivity index (χ0v) is 26.6. The van der Waals surface area contributed by atoms with Crippen molar-refractivity contribution in [3.8, 4) is 17.2 Å². The fourth-order valence-corrected chi connectivity index (χ4v) is 8.51. The topological polar surface area (TPSA) is 106 Å². The Labute approximate surface area is 265 Å². The summed E-state index contributed by atoms with van der Waals surface area (Å²) < 4.78 is 11.6. The van der Waals surface area contributed by atoms with Gasteiger partial charge in [-0.1, -0.05) is 18.2 Å². The van der Waals surface area contributed by atoms with Crippen molar-refractivity contribution in [1.82, 2.24) is 10.2 Å². The fourth-order valence-electron chi connectivity index (χ4n) is 8.51. The Hall–Kier alpha value is -3.68. The zero-order valence-electron chi connectivity index (χ0n) is 26.6. The number of anilines is 1. The molecule has 8 heteroatoms. The molecule has 5 saturated carbocycles. The van der Waals surface area contributed by atoms with Gasteiger partial charge in [0.2, 0.25) is 17.7 Å². The smallest absolute Gasteiger partial charge is 0.303 e. The lowest BCUT2D eigenvalue weighted by molar-refractivity contribution is -0.138. The highest BCUT2D eigenvalue weighted by molar-refractivity contribution is 5.95. The molecule has 0 atom stereocenters. The van der Waals surface area contributed by atoms with Crippen molar-refractivity contribution in [2.75, 3.05) is 18.6 Å². The van der Waals surface area contributed by atoms with Crippen molar-refractivity contribution in [3.05, 3.63) is 59.5 Å². The maximum absolute atomic E-state index is 14.5. The van der Waals surface area contributed by atoms with Crippen LogP contribution in [-0.2, 0) is 15.0 Å². The fraction of sp³-hybridized carbons (Fsp3) is 0.568. The first-order valence-electron chi connectivity index (χ1n) is 16.9. The lowest BCUT2D eigenvalue weighted by Crippen LogP contribution is -2.51. The minimum atomic E-state index is -0.747. The van der Waals surface area contributed by atoms with Gasteiger partial charge in [0.05, 0.1) is 7.11 Å². The predicted octanol–water partition coefficient (Wildman–Crippen LogP) is 7.84. The Morgan fingerprint density at radius 2 is 1.69 bits per heavy atom. The minimum absolute atomic E-state index is 0.0824. The van der Waals surface area contributed by atoms with Crippen molar-refractivity contribution in [1.29, 1.82) is 0 Å². The number of aryl methyl sites for hydroxylation is 1. The molecule has 8 nitrogen and oxygen atoms in total. The van der Waals surface area contributed by atoms with Crippen molar-refractivity contribution >= 4 is 17.6 Å². The van der Waals surface area contributed by atoms with Gasteiger partial charge in [-0.3, -0.25) is 9.59 Å². The molecular formula is C37H45N3O5. The second-order valence-corrected chi connectivity index (χ2v) is 14.5. The number of aliphatic carboxylic acids is 1. The van der Waals surface area contributed by atoms with Gasteiger partial charge >= 0.3 is 5.97 Å². The van der Waals surface area contributed by atoms with E-state index in [0.29, 0.717) is 24.2 Å². The molecular weight excluding hydrogens is 566 g/mol. The molecule has 0 saturated heterocycles. The molecule has 238 valence electrons. The number of carbonyl (C=O) groups excluding carboxylic acids is 1. The van der Waals surface area contributed by atoms with Crippen LogP contribution in [0.3, 0.4) is 0 Å². The summed E-state index contributed by atoms with van der Waals surface area (Å²) in [7, 11) is 1.73. The molecule has 2 aromatic carbocycles. The molecule has 0 radical (unpaired) electrons. The summed E-state index contributed by atoms with van der Waals surface area (Å²) in [5, 5.41) is 17.9. The SMILES string of the molecule is COc1ccc(C23CCC(CN(C(=O)C4CCC(CC(=O)O)CC4)c4cccc(-c5nnc(C6CC6)o5)c4)(CC2)CC3)cc1C. The van der Waals surface area contributed by atoms with E-state index in [0.717, 1.165) is 94.1 Å². The molecule has 3 aromatic rings. The predicted molar refractivity (Wildman–Crippen MR) is 171 cm³/mol. The van der Waals surface area contributed by atoms with Crippen LogP contribution in [0.1, 0.15) is 106 Å². The number of methoxy groups -OCH3 is 1.